The van der Waals surface area contributed by atoms with Crippen molar-refractivity contribution in [1.82, 2.24) is 14.5 Å². The fraction of sp³-hybridized carbons (Fsp3) is 0.350. The molecule has 0 bridgehead atoms. The summed E-state index contributed by atoms with van der Waals surface area (Å²) in [5.74, 6) is 0. The topological polar surface area (TPSA) is 57.0 Å². The number of fused-ring (bicyclic) bond motifs is 1. The summed E-state index contributed by atoms with van der Waals surface area (Å²) in [5, 5.41) is 0. The van der Waals surface area contributed by atoms with Crippen LogP contribution >= 0.6 is 15.9 Å². The second-order valence-corrected chi connectivity index (χ2v) is 8.21. The molecule has 0 fully saturated rings. The number of carbonyl (C=O) groups excluding carboxylic acids is 1. The van der Waals surface area contributed by atoms with Crippen LogP contribution in [0.15, 0.2) is 29.0 Å². The maximum atomic E-state index is 12.7. The van der Waals surface area contributed by atoms with Crippen LogP contribution in [0.4, 0.5) is 4.79 Å². The van der Waals surface area contributed by atoms with Crippen molar-refractivity contribution in [1.29, 1.82) is 0 Å². The Hall–Kier alpha value is -2.21. The van der Waals surface area contributed by atoms with Crippen LogP contribution in [0.3, 0.4) is 0 Å². The standard InChI is InChI=1S/C20H22BrN3O2/c1-11-7-14(8-12(2)23-11)15-9-16-17(22-10-15)13(3)18(21)24(16)19(25)26-20(4,5)6/h7-10H,1-6H3. The summed E-state index contributed by atoms with van der Waals surface area (Å²) < 4.78 is 7.76. The summed E-state index contributed by atoms with van der Waals surface area (Å²) in [4.78, 5) is 21.8. The number of halogens is 1. The summed E-state index contributed by atoms with van der Waals surface area (Å²) in [6.45, 7) is 11.4. The molecule has 3 heterocycles. The first-order chi connectivity index (χ1) is 12.1. The molecule has 0 unspecified atom stereocenters. The number of rotatable bonds is 1. The van der Waals surface area contributed by atoms with E-state index < -0.39 is 11.7 Å². The van der Waals surface area contributed by atoms with E-state index in [1.165, 1.54) is 4.57 Å². The van der Waals surface area contributed by atoms with E-state index in [9.17, 15) is 4.79 Å². The summed E-state index contributed by atoms with van der Waals surface area (Å²) in [6.07, 6.45) is 1.40. The minimum atomic E-state index is -0.578. The van der Waals surface area contributed by atoms with Crippen molar-refractivity contribution in [2.24, 2.45) is 0 Å². The maximum Gasteiger partial charge on any atom is 0.419 e. The Morgan fingerprint density at radius 2 is 1.69 bits per heavy atom. The van der Waals surface area contributed by atoms with Crippen molar-refractivity contribution >= 4 is 33.1 Å². The van der Waals surface area contributed by atoms with Crippen LogP contribution in [-0.2, 0) is 4.74 Å². The number of hydrogen-bond donors (Lipinski definition) is 0. The van der Waals surface area contributed by atoms with E-state index in [1.807, 2.05) is 65.9 Å². The monoisotopic (exact) mass is 415 g/mol. The quantitative estimate of drug-likeness (QED) is 0.521. The summed E-state index contributed by atoms with van der Waals surface area (Å²) >= 11 is 3.52. The van der Waals surface area contributed by atoms with Gasteiger partial charge >= 0.3 is 6.09 Å². The van der Waals surface area contributed by atoms with Crippen LogP contribution in [0, 0.1) is 20.8 Å². The summed E-state index contributed by atoms with van der Waals surface area (Å²) in [5.41, 5.74) is 5.66. The molecule has 0 spiro atoms. The molecule has 0 aromatic carbocycles. The highest BCUT2D eigenvalue weighted by molar-refractivity contribution is 9.10. The Labute approximate surface area is 161 Å². The molecule has 6 heteroatoms. The van der Waals surface area contributed by atoms with Crippen molar-refractivity contribution in [3.05, 3.63) is 46.0 Å². The zero-order valence-corrected chi connectivity index (χ0v) is 17.4. The molecule has 0 radical (unpaired) electrons. The van der Waals surface area contributed by atoms with Gasteiger partial charge in [0.25, 0.3) is 0 Å². The Bertz CT molecular complexity index is 996. The molecule has 5 nitrogen and oxygen atoms in total. The molecule has 0 aliphatic carbocycles. The molecular weight excluding hydrogens is 394 g/mol. The minimum Gasteiger partial charge on any atom is -0.443 e. The number of aromatic nitrogens is 3. The molecule has 0 aliphatic heterocycles. The Morgan fingerprint density at radius 1 is 1.08 bits per heavy atom. The molecule has 0 saturated heterocycles. The second-order valence-electron chi connectivity index (χ2n) is 7.46. The molecule has 26 heavy (non-hydrogen) atoms. The number of nitrogens with zero attached hydrogens (tertiary/aromatic N) is 3. The molecule has 136 valence electrons. The average molecular weight is 416 g/mol. The van der Waals surface area contributed by atoms with E-state index >= 15 is 0 Å². The van der Waals surface area contributed by atoms with Gasteiger partial charge in [0, 0.05) is 28.7 Å². The van der Waals surface area contributed by atoms with Crippen LogP contribution in [0.2, 0.25) is 0 Å². The lowest BCUT2D eigenvalue weighted by atomic mass is 10.1. The third-order valence-electron chi connectivity index (χ3n) is 3.96. The Kier molecular flexibility index (Phi) is 4.65. The van der Waals surface area contributed by atoms with Crippen LogP contribution in [-0.4, -0.2) is 26.2 Å². The Morgan fingerprint density at radius 3 is 2.27 bits per heavy atom. The molecule has 3 rings (SSSR count). The van der Waals surface area contributed by atoms with Gasteiger partial charge in [0.2, 0.25) is 0 Å². The van der Waals surface area contributed by atoms with E-state index in [1.54, 1.807) is 0 Å². The van der Waals surface area contributed by atoms with E-state index in [0.717, 1.165) is 33.6 Å². The van der Waals surface area contributed by atoms with Crippen molar-refractivity contribution in [2.45, 2.75) is 47.1 Å². The van der Waals surface area contributed by atoms with Gasteiger partial charge in [0.05, 0.1) is 11.0 Å². The molecule has 0 atom stereocenters. The summed E-state index contributed by atoms with van der Waals surface area (Å²) in [7, 11) is 0. The minimum absolute atomic E-state index is 0.427. The largest absolute Gasteiger partial charge is 0.443 e. The first kappa shape index (κ1) is 18.6. The predicted octanol–water partition coefficient (Wildman–Crippen LogP) is 5.57. The van der Waals surface area contributed by atoms with Crippen molar-refractivity contribution in [2.75, 3.05) is 0 Å². The fourth-order valence-corrected chi connectivity index (χ4v) is 3.45. The van der Waals surface area contributed by atoms with Crippen molar-refractivity contribution in [3.63, 3.8) is 0 Å². The van der Waals surface area contributed by atoms with Gasteiger partial charge in [-0.25, -0.2) is 9.36 Å². The molecular formula is C20H22BrN3O2. The smallest absolute Gasteiger partial charge is 0.419 e. The third kappa shape index (κ3) is 3.51. The highest BCUT2D eigenvalue weighted by atomic mass is 79.9. The lowest BCUT2D eigenvalue weighted by Gasteiger charge is -2.20. The lowest BCUT2D eigenvalue weighted by Crippen LogP contribution is -2.27. The zero-order valence-electron chi connectivity index (χ0n) is 15.8. The number of aryl methyl sites for hydroxylation is 3. The molecule has 0 amide bonds. The van der Waals surface area contributed by atoms with Gasteiger partial charge in [-0.05, 0) is 81.2 Å². The average Bonchev–Trinajstić information content (AvgIpc) is 2.75. The zero-order chi connectivity index (χ0) is 19.2. The third-order valence-corrected chi connectivity index (χ3v) is 4.91. The van der Waals surface area contributed by atoms with Gasteiger partial charge in [0.15, 0.2) is 0 Å². The van der Waals surface area contributed by atoms with Gasteiger partial charge in [-0.3, -0.25) is 9.97 Å². The van der Waals surface area contributed by atoms with Crippen LogP contribution in [0.25, 0.3) is 22.2 Å². The fourth-order valence-electron chi connectivity index (χ4n) is 2.93. The lowest BCUT2D eigenvalue weighted by molar-refractivity contribution is 0.0541. The van der Waals surface area contributed by atoms with Crippen LogP contribution in [0.5, 0.6) is 0 Å². The van der Waals surface area contributed by atoms with E-state index in [-0.39, 0.29) is 0 Å². The highest BCUT2D eigenvalue weighted by Gasteiger charge is 2.24. The van der Waals surface area contributed by atoms with E-state index in [0.29, 0.717) is 10.1 Å². The van der Waals surface area contributed by atoms with Gasteiger partial charge in [0.1, 0.15) is 10.2 Å². The second kappa shape index (κ2) is 6.50. The number of carbonyl (C=O) groups is 1. The van der Waals surface area contributed by atoms with Crippen molar-refractivity contribution in [3.8, 4) is 11.1 Å². The maximum absolute atomic E-state index is 12.7. The predicted molar refractivity (Wildman–Crippen MR) is 107 cm³/mol. The Balaban J connectivity index is 2.20. The molecule has 3 aromatic rings. The highest BCUT2D eigenvalue weighted by Crippen LogP contribution is 2.32. The SMILES string of the molecule is Cc1cc(-c2cnc3c(C)c(Br)n(C(=O)OC(C)(C)C)c3c2)cc(C)n1. The van der Waals surface area contributed by atoms with Crippen LogP contribution in [0.1, 0.15) is 37.7 Å². The first-order valence-electron chi connectivity index (χ1n) is 8.42. The van der Waals surface area contributed by atoms with Gasteiger partial charge < -0.3 is 4.74 Å². The number of pyridine rings is 2. The van der Waals surface area contributed by atoms with E-state index in [4.69, 9.17) is 4.74 Å². The van der Waals surface area contributed by atoms with E-state index in [2.05, 4.69) is 25.9 Å². The van der Waals surface area contributed by atoms with Gasteiger partial charge in [-0.15, -0.1) is 0 Å². The number of hydrogen-bond acceptors (Lipinski definition) is 4. The summed E-state index contributed by atoms with van der Waals surface area (Å²) in [6, 6.07) is 6.00. The van der Waals surface area contributed by atoms with Crippen LogP contribution < -0.4 is 0 Å². The molecule has 0 saturated carbocycles. The first-order valence-corrected chi connectivity index (χ1v) is 9.21. The molecule has 3 aromatic heterocycles. The molecule has 0 N–H and O–H groups in total. The van der Waals surface area contributed by atoms with Gasteiger partial charge in [-0.1, -0.05) is 0 Å². The molecule has 0 aliphatic rings. The normalized spacial score (nSPS) is 11.8. The van der Waals surface area contributed by atoms with Crippen molar-refractivity contribution < 1.29 is 9.53 Å². The van der Waals surface area contributed by atoms with Gasteiger partial charge in [-0.2, -0.15) is 0 Å². The number of ether oxygens (including phenoxy) is 1.